The highest BCUT2D eigenvalue weighted by atomic mass is 35.5. The third kappa shape index (κ3) is 3.97. The van der Waals surface area contributed by atoms with Gasteiger partial charge in [0.25, 0.3) is 0 Å². The van der Waals surface area contributed by atoms with Crippen molar-refractivity contribution in [1.82, 2.24) is 20.0 Å². The molecule has 8 heteroatoms. The van der Waals surface area contributed by atoms with Crippen LogP contribution in [0, 0.1) is 5.92 Å². The van der Waals surface area contributed by atoms with Gasteiger partial charge in [0.2, 0.25) is 0 Å². The smallest absolute Gasteiger partial charge is 0.360 e. The Morgan fingerprint density at radius 1 is 1.31 bits per heavy atom. The largest absolute Gasteiger partial charge is 0.464 e. The second-order valence-corrected chi connectivity index (χ2v) is 9.23. The fraction of sp³-hybridized carbons (Fsp3) is 0.417. The molecule has 0 saturated heterocycles. The minimum Gasteiger partial charge on any atom is -0.464 e. The topological polar surface area (TPSA) is 95.9 Å². The van der Waals surface area contributed by atoms with Crippen molar-refractivity contribution in [2.45, 2.75) is 51.0 Å². The molecule has 32 heavy (non-hydrogen) atoms. The van der Waals surface area contributed by atoms with Crippen LogP contribution in [-0.4, -0.2) is 33.1 Å². The van der Waals surface area contributed by atoms with Crippen LogP contribution in [0.15, 0.2) is 36.0 Å². The number of aryl methyl sites for hydroxylation is 1. The maximum Gasteiger partial charge on any atom is 0.360 e. The number of allylic oxidation sites excluding steroid dienone is 2. The normalized spacial score (nSPS) is 19.5. The molecule has 2 aromatic heterocycles. The van der Waals surface area contributed by atoms with E-state index in [9.17, 15) is 4.79 Å². The molecule has 0 saturated carbocycles. The van der Waals surface area contributed by atoms with Crippen molar-refractivity contribution in [3.63, 3.8) is 0 Å². The number of halogens is 1. The lowest BCUT2D eigenvalue weighted by atomic mass is 9.71. The number of hydrogen-bond donors (Lipinski definition) is 1. The molecule has 0 amide bonds. The van der Waals surface area contributed by atoms with E-state index < -0.39 is 5.97 Å². The van der Waals surface area contributed by atoms with E-state index in [4.69, 9.17) is 22.3 Å². The number of nitrogen functional groups attached to an aromatic ring is 1. The highest BCUT2D eigenvalue weighted by molar-refractivity contribution is 6.31. The molecule has 3 aromatic rings. The summed E-state index contributed by atoms with van der Waals surface area (Å²) in [5.41, 5.74) is 12.5. The molecular formula is C24H26ClN5O2. The Labute approximate surface area is 191 Å². The molecule has 2 heterocycles. The van der Waals surface area contributed by atoms with E-state index in [-0.39, 0.29) is 5.69 Å². The summed E-state index contributed by atoms with van der Waals surface area (Å²) in [7, 11) is 1.34. The van der Waals surface area contributed by atoms with Crippen molar-refractivity contribution in [3.8, 4) is 0 Å². The number of anilines is 1. The fourth-order valence-electron chi connectivity index (χ4n) is 5.14. The first-order valence-corrected chi connectivity index (χ1v) is 11.4. The first kappa shape index (κ1) is 20.9. The number of carbonyl (C=O) groups excluding carboxylic acids is 1. The van der Waals surface area contributed by atoms with Gasteiger partial charge in [-0.25, -0.2) is 4.79 Å². The molecule has 7 nitrogen and oxygen atoms in total. The van der Waals surface area contributed by atoms with Crippen LogP contribution < -0.4 is 5.73 Å². The molecule has 2 atom stereocenters. The number of fused-ring (bicyclic) bond motifs is 5. The first-order chi connectivity index (χ1) is 15.5. The second kappa shape index (κ2) is 8.54. The first-order valence-electron chi connectivity index (χ1n) is 11.1. The number of nitrogens with zero attached hydrogens (tertiary/aromatic N) is 4. The number of benzene rings is 1. The second-order valence-electron chi connectivity index (χ2n) is 8.79. The predicted molar refractivity (Wildman–Crippen MR) is 124 cm³/mol. The van der Waals surface area contributed by atoms with Gasteiger partial charge in [-0.1, -0.05) is 28.5 Å². The quantitative estimate of drug-likeness (QED) is 0.331. The van der Waals surface area contributed by atoms with E-state index in [0.717, 1.165) is 67.4 Å². The summed E-state index contributed by atoms with van der Waals surface area (Å²) >= 11 is 6.20. The van der Waals surface area contributed by atoms with Gasteiger partial charge in [0, 0.05) is 34.3 Å². The number of esters is 1. The van der Waals surface area contributed by atoms with Gasteiger partial charge in [0.1, 0.15) is 0 Å². The molecule has 5 rings (SSSR count). The number of ether oxygens (including phenoxy) is 1. The van der Waals surface area contributed by atoms with Crippen LogP contribution in [0.3, 0.4) is 0 Å². The van der Waals surface area contributed by atoms with Crippen molar-refractivity contribution in [3.05, 3.63) is 58.0 Å². The van der Waals surface area contributed by atoms with Gasteiger partial charge in [0.15, 0.2) is 5.69 Å². The summed E-state index contributed by atoms with van der Waals surface area (Å²) in [6.45, 7) is 0.734. The summed E-state index contributed by atoms with van der Waals surface area (Å²) in [4.78, 5) is 16.5. The number of rotatable bonds is 6. The summed E-state index contributed by atoms with van der Waals surface area (Å²) in [6, 6.07) is 5.77. The van der Waals surface area contributed by atoms with Crippen LogP contribution in [0.4, 0.5) is 5.69 Å². The van der Waals surface area contributed by atoms with Crippen molar-refractivity contribution in [1.29, 1.82) is 0 Å². The van der Waals surface area contributed by atoms with E-state index in [2.05, 4.69) is 21.1 Å². The number of methoxy groups -OCH3 is 1. The highest BCUT2D eigenvalue weighted by Gasteiger charge is 2.33. The van der Waals surface area contributed by atoms with Crippen molar-refractivity contribution in [2.75, 3.05) is 12.8 Å². The summed E-state index contributed by atoms with van der Waals surface area (Å²) in [6.07, 6.45) is 10.4. The van der Waals surface area contributed by atoms with E-state index in [1.54, 1.807) is 10.9 Å². The van der Waals surface area contributed by atoms with Crippen LogP contribution >= 0.6 is 11.6 Å². The molecule has 0 aliphatic heterocycles. The molecule has 2 bridgehead atoms. The van der Waals surface area contributed by atoms with Gasteiger partial charge in [-0.05, 0) is 68.2 Å². The lowest BCUT2D eigenvalue weighted by molar-refractivity contribution is 0.0594. The molecular weight excluding hydrogens is 426 g/mol. The molecule has 0 spiro atoms. The van der Waals surface area contributed by atoms with Gasteiger partial charge in [-0.15, -0.1) is 5.10 Å². The molecule has 1 aromatic carbocycles. The average Bonchev–Trinajstić information content (AvgIpc) is 3.26. The van der Waals surface area contributed by atoms with Crippen LogP contribution in [-0.2, 0) is 17.7 Å². The Morgan fingerprint density at radius 2 is 2.19 bits per heavy atom. The van der Waals surface area contributed by atoms with Crippen molar-refractivity contribution >= 4 is 34.2 Å². The standard InChI is InChI=1S/C24H26ClN5O2/c1-32-24(31)21-13-30(29-28-21)7-3-2-4-14-8-15-10-16(9-14)23-19(11-15)22(26)18-6-5-17(25)12-20(18)27-23/h5-6,8,12-13,15-16H,2-4,7,9-11H2,1H3,(H2,26,27)/t15-,16+/m1/s1. The third-order valence-electron chi connectivity index (χ3n) is 6.61. The molecule has 0 radical (unpaired) electrons. The zero-order valence-electron chi connectivity index (χ0n) is 18.1. The van der Waals surface area contributed by atoms with Gasteiger partial charge in [-0.2, -0.15) is 0 Å². The lowest BCUT2D eigenvalue weighted by Gasteiger charge is -2.35. The molecule has 0 fully saturated rings. The third-order valence-corrected chi connectivity index (χ3v) is 6.85. The summed E-state index contributed by atoms with van der Waals surface area (Å²) in [5.74, 6) is 0.495. The zero-order valence-corrected chi connectivity index (χ0v) is 18.8. The summed E-state index contributed by atoms with van der Waals surface area (Å²) in [5, 5.41) is 9.54. The maximum absolute atomic E-state index is 11.5. The Hall–Kier alpha value is -2.93. The van der Waals surface area contributed by atoms with Gasteiger partial charge >= 0.3 is 5.97 Å². The van der Waals surface area contributed by atoms with Crippen LogP contribution in [0.2, 0.25) is 5.02 Å². The number of unbranched alkanes of at least 4 members (excludes halogenated alkanes) is 1. The number of pyridine rings is 1. The van der Waals surface area contributed by atoms with Crippen molar-refractivity contribution in [2.24, 2.45) is 5.92 Å². The minimum absolute atomic E-state index is 0.245. The Bertz CT molecular complexity index is 1220. The lowest BCUT2D eigenvalue weighted by Crippen LogP contribution is -2.24. The molecule has 2 aliphatic carbocycles. The van der Waals surface area contributed by atoms with E-state index in [1.165, 1.54) is 18.2 Å². The number of nitrogens with two attached hydrogens (primary N) is 1. The average molecular weight is 452 g/mol. The van der Waals surface area contributed by atoms with Gasteiger partial charge in [0.05, 0.1) is 18.8 Å². The van der Waals surface area contributed by atoms with E-state index in [1.807, 2.05) is 18.2 Å². The zero-order chi connectivity index (χ0) is 22.2. The van der Waals surface area contributed by atoms with Gasteiger partial charge in [-0.3, -0.25) is 9.67 Å². The van der Waals surface area contributed by atoms with Gasteiger partial charge < -0.3 is 10.5 Å². The Kier molecular flexibility index (Phi) is 5.59. The molecule has 2 N–H and O–H groups in total. The fourth-order valence-corrected chi connectivity index (χ4v) is 5.31. The summed E-state index contributed by atoms with van der Waals surface area (Å²) < 4.78 is 6.37. The Morgan fingerprint density at radius 3 is 3.03 bits per heavy atom. The van der Waals surface area contributed by atoms with Crippen molar-refractivity contribution < 1.29 is 9.53 Å². The Balaban J connectivity index is 1.24. The monoisotopic (exact) mass is 451 g/mol. The highest BCUT2D eigenvalue weighted by Crippen LogP contribution is 2.46. The van der Waals surface area contributed by atoms with Crippen LogP contribution in [0.5, 0.6) is 0 Å². The van der Waals surface area contributed by atoms with Crippen LogP contribution in [0.25, 0.3) is 10.9 Å². The molecule has 0 unspecified atom stereocenters. The van der Waals surface area contributed by atoms with Crippen LogP contribution in [0.1, 0.15) is 59.8 Å². The number of carbonyl (C=O) groups is 1. The minimum atomic E-state index is -0.459. The maximum atomic E-state index is 11.5. The van der Waals surface area contributed by atoms with E-state index >= 15 is 0 Å². The van der Waals surface area contributed by atoms with E-state index in [0.29, 0.717) is 16.9 Å². The number of aromatic nitrogens is 4. The number of hydrogen-bond acceptors (Lipinski definition) is 6. The predicted octanol–water partition coefficient (Wildman–Crippen LogP) is 4.70. The molecule has 2 aliphatic rings. The molecule has 166 valence electrons. The SMILES string of the molecule is COC(=O)c1cn(CCCCC2=C[C@H]3Cc4c(nc5cc(Cl)ccc5c4N)[C@@H](C2)C3)nn1.